The lowest BCUT2D eigenvalue weighted by Crippen LogP contribution is -2.57. The number of hydrogen-bond acceptors (Lipinski definition) is 9. The van der Waals surface area contributed by atoms with E-state index in [1.165, 1.54) is 82.9 Å². The molecule has 3 aromatic carbocycles. The Morgan fingerprint density at radius 2 is 1.52 bits per heavy atom. The number of hydrogen-bond donors (Lipinski definition) is 0. The number of carbonyl (C=O) groups is 3. The number of amides is 1. The summed E-state index contributed by atoms with van der Waals surface area (Å²) in [4.78, 5) is 71.0. The maximum atomic E-state index is 14.7. The number of nitrogens with zero attached hydrogens (tertiary/aromatic N) is 5. The van der Waals surface area contributed by atoms with Crippen LogP contribution in [0.3, 0.4) is 0 Å². The van der Waals surface area contributed by atoms with Gasteiger partial charge in [-0.25, -0.2) is 33.1 Å². The Kier molecular flexibility index (Phi) is 12.9. The molecule has 61 heavy (non-hydrogen) atoms. The highest BCUT2D eigenvalue weighted by Crippen LogP contribution is 2.38. The standard InChI is InChI=1S/C42H37F8N5O6/c1-40(2,38(58)60-61-39(59)42(48,49)50)53-20-17-28(18-21-53)54(23-25-13-15-29(26-8-4-3-5-9-26)31(22-25)41(45,46)47)34(56)24-55-33(16-14-27-10-6-12-32(43)35(27)44)52-37(57)30-11-7-19-51-36(30)55/h3-13,15,19,22,28H,14,16-18,20-21,23-24H2,1-2H3. The van der Waals surface area contributed by atoms with E-state index in [1.807, 2.05) is 0 Å². The summed E-state index contributed by atoms with van der Waals surface area (Å²) in [5.41, 5.74) is -2.93. The predicted molar refractivity (Wildman–Crippen MR) is 202 cm³/mol. The van der Waals surface area contributed by atoms with Gasteiger partial charge in [0, 0.05) is 38.3 Å². The molecule has 19 heteroatoms. The third-order valence-electron chi connectivity index (χ3n) is 10.5. The molecule has 1 amide bonds. The highest BCUT2D eigenvalue weighted by atomic mass is 19.4. The first kappa shape index (κ1) is 44.3. The molecule has 6 rings (SSSR count). The van der Waals surface area contributed by atoms with Gasteiger partial charge in [0.2, 0.25) is 5.91 Å². The maximum Gasteiger partial charge on any atom is 0.495 e. The van der Waals surface area contributed by atoms with Crippen molar-refractivity contribution in [3.63, 3.8) is 0 Å². The molecule has 0 aliphatic carbocycles. The summed E-state index contributed by atoms with van der Waals surface area (Å²) in [5.74, 6) is -6.88. The molecule has 0 atom stereocenters. The van der Waals surface area contributed by atoms with Crippen molar-refractivity contribution < 1.29 is 59.3 Å². The minimum absolute atomic E-state index is 0.000961. The summed E-state index contributed by atoms with van der Waals surface area (Å²) in [6.07, 6.45) is -8.92. The molecule has 0 saturated carbocycles. The van der Waals surface area contributed by atoms with Crippen LogP contribution in [-0.2, 0) is 56.3 Å². The zero-order chi connectivity index (χ0) is 44.3. The molecule has 1 aliphatic heterocycles. The summed E-state index contributed by atoms with van der Waals surface area (Å²) in [7, 11) is 0. The number of rotatable bonds is 11. The van der Waals surface area contributed by atoms with Gasteiger partial charge < -0.3 is 9.47 Å². The Hall–Kier alpha value is -6.24. The van der Waals surface area contributed by atoms with Gasteiger partial charge in [0.15, 0.2) is 11.6 Å². The molecule has 1 saturated heterocycles. The topological polar surface area (TPSA) is 124 Å². The van der Waals surface area contributed by atoms with Gasteiger partial charge in [0.1, 0.15) is 23.6 Å². The van der Waals surface area contributed by atoms with E-state index in [-0.39, 0.29) is 78.9 Å². The molecule has 0 unspecified atom stereocenters. The van der Waals surface area contributed by atoms with Gasteiger partial charge in [-0.1, -0.05) is 54.6 Å². The van der Waals surface area contributed by atoms with E-state index in [0.717, 1.165) is 12.1 Å². The molecule has 0 spiro atoms. The minimum atomic E-state index is -5.42. The van der Waals surface area contributed by atoms with Crippen molar-refractivity contribution in [2.75, 3.05) is 13.1 Å². The van der Waals surface area contributed by atoms with Gasteiger partial charge in [0.25, 0.3) is 5.56 Å². The first-order valence-corrected chi connectivity index (χ1v) is 18.8. The number of fused-ring (bicyclic) bond motifs is 1. The van der Waals surface area contributed by atoms with Gasteiger partial charge in [0.05, 0.1) is 10.9 Å². The van der Waals surface area contributed by atoms with Crippen LogP contribution in [0.4, 0.5) is 35.1 Å². The van der Waals surface area contributed by atoms with Crippen molar-refractivity contribution >= 4 is 28.9 Å². The Labute approximate surface area is 342 Å². The number of pyridine rings is 1. The number of benzene rings is 3. The minimum Gasteiger partial charge on any atom is -0.334 e. The summed E-state index contributed by atoms with van der Waals surface area (Å²) in [6, 6.07) is 17.5. The van der Waals surface area contributed by atoms with Crippen molar-refractivity contribution in [1.29, 1.82) is 0 Å². The predicted octanol–water partition coefficient (Wildman–Crippen LogP) is 7.38. The molecule has 3 heterocycles. The van der Waals surface area contributed by atoms with Gasteiger partial charge >= 0.3 is 24.3 Å². The Balaban J connectivity index is 1.33. The monoisotopic (exact) mass is 859 g/mol. The summed E-state index contributed by atoms with van der Waals surface area (Å²) >= 11 is 0. The summed E-state index contributed by atoms with van der Waals surface area (Å²) < 4.78 is 112. The highest BCUT2D eigenvalue weighted by Gasteiger charge is 2.46. The second-order valence-electron chi connectivity index (χ2n) is 14.8. The van der Waals surface area contributed by atoms with Crippen molar-refractivity contribution in [1.82, 2.24) is 24.3 Å². The fourth-order valence-corrected chi connectivity index (χ4v) is 7.21. The number of likely N-dealkylation sites (tertiary alicyclic amines) is 1. The number of aromatic nitrogens is 3. The van der Waals surface area contributed by atoms with E-state index in [0.29, 0.717) is 5.56 Å². The fraction of sp³-hybridized carbons (Fsp3) is 0.333. The van der Waals surface area contributed by atoms with Gasteiger partial charge in [-0.15, -0.1) is 0 Å². The van der Waals surface area contributed by atoms with E-state index < -0.39 is 71.1 Å². The average Bonchev–Trinajstić information content (AvgIpc) is 3.23. The smallest absolute Gasteiger partial charge is 0.334 e. The Morgan fingerprint density at radius 1 is 0.836 bits per heavy atom. The fourth-order valence-electron chi connectivity index (χ4n) is 7.21. The molecular formula is C42H37F8N5O6. The van der Waals surface area contributed by atoms with Crippen LogP contribution in [0.1, 0.15) is 49.2 Å². The number of carbonyl (C=O) groups excluding carboxylic acids is 3. The SMILES string of the molecule is CC(C)(C(=O)OOC(=O)C(F)(F)F)N1CCC(N(Cc2ccc(-c3ccccc3)c(C(F)(F)F)c2)C(=O)Cn2c(CCc3cccc(F)c3F)nc(=O)c3cccnc32)CC1. The number of alkyl halides is 6. The van der Waals surface area contributed by atoms with Crippen LogP contribution < -0.4 is 5.56 Å². The quantitative estimate of drug-likeness (QED) is 0.0761. The van der Waals surface area contributed by atoms with Gasteiger partial charge in [-0.2, -0.15) is 31.3 Å². The Bertz CT molecular complexity index is 2490. The van der Waals surface area contributed by atoms with Crippen LogP contribution in [0, 0.1) is 11.6 Å². The van der Waals surface area contributed by atoms with Crippen LogP contribution in [0.5, 0.6) is 0 Å². The van der Waals surface area contributed by atoms with Crippen LogP contribution in [0.25, 0.3) is 22.2 Å². The van der Waals surface area contributed by atoms with E-state index in [9.17, 15) is 54.3 Å². The first-order chi connectivity index (χ1) is 28.8. The summed E-state index contributed by atoms with van der Waals surface area (Å²) in [6.45, 7) is 1.82. The molecule has 0 bridgehead atoms. The van der Waals surface area contributed by atoms with Crippen LogP contribution >= 0.6 is 0 Å². The molecule has 5 aromatic rings. The molecule has 1 aliphatic rings. The molecule has 322 valence electrons. The third kappa shape index (κ3) is 10.0. The lowest BCUT2D eigenvalue weighted by Gasteiger charge is -2.43. The maximum absolute atomic E-state index is 14.7. The molecule has 0 N–H and O–H groups in total. The summed E-state index contributed by atoms with van der Waals surface area (Å²) in [5, 5.41) is 0.0391. The third-order valence-corrected chi connectivity index (χ3v) is 10.5. The van der Waals surface area contributed by atoms with Gasteiger partial charge in [-0.05, 0) is 79.6 Å². The number of halogens is 8. The molecule has 1 fully saturated rings. The normalized spacial score (nSPS) is 14.2. The lowest BCUT2D eigenvalue weighted by molar-refractivity contribution is -0.290. The van der Waals surface area contributed by atoms with Gasteiger partial charge in [-0.3, -0.25) is 14.5 Å². The van der Waals surface area contributed by atoms with E-state index in [1.54, 1.807) is 18.2 Å². The van der Waals surface area contributed by atoms with Crippen molar-refractivity contribution in [2.24, 2.45) is 0 Å². The van der Waals surface area contributed by atoms with E-state index >= 15 is 0 Å². The molecular weight excluding hydrogens is 822 g/mol. The molecule has 11 nitrogen and oxygen atoms in total. The van der Waals surface area contributed by atoms with Crippen LogP contribution in [0.15, 0.2) is 89.9 Å². The van der Waals surface area contributed by atoms with Crippen molar-refractivity contribution in [3.05, 3.63) is 130 Å². The average molecular weight is 860 g/mol. The first-order valence-electron chi connectivity index (χ1n) is 18.8. The largest absolute Gasteiger partial charge is 0.495 e. The van der Waals surface area contributed by atoms with Crippen molar-refractivity contribution in [2.45, 2.75) is 76.6 Å². The lowest BCUT2D eigenvalue weighted by atomic mass is 9.94. The number of piperidine rings is 1. The zero-order valence-corrected chi connectivity index (χ0v) is 32.5. The van der Waals surface area contributed by atoms with Crippen LogP contribution in [0.2, 0.25) is 0 Å². The Morgan fingerprint density at radius 3 is 2.20 bits per heavy atom. The van der Waals surface area contributed by atoms with E-state index in [2.05, 4.69) is 19.7 Å². The van der Waals surface area contributed by atoms with E-state index in [4.69, 9.17) is 0 Å². The van der Waals surface area contributed by atoms with Crippen molar-refractivity contribution in [3.8, 4) is 11.1 Å². The number of aryl methyl sites for hydroxylation is 2. The molecule has 2 aromatic heterocycles. The second-order valence-corrected chi connectivity index (χ2v) is 14.8. The molecule has 0 radical (unpaired) electrons. The second kappa shape index (κ2) is 17.8. The van der Waals surface area contributed by atoms with Crippen LogP contribution in [-0.4, -0.2) is 73.0 Å². The highest BCUT2D eigenvalue weighted by molar-refractivity contribution is 5.82. The zero-order valence-electron chi connectivity index (χ0n) is 32.5.